The average molecular weight is 421 g/mol. The molecule has 1 aliphatic rings. The van der Waals surface area contributed by atoms with E-state index in [1.54, 1.807) is 12.1 Å². The highest BCUT2D eigenvalue weighted by Gasteiger charge is 2.28. The first-order valence-electron chi connectivity index (χ1n) is 9.38. The van der Waals surface area contributed by atoms with Gasteiger partial charge < -0.3 is 10.1 Å². The van der Waals surface area contributed by atoms with Crippen LogP contribution >= 0.6 is 0 Å². The second-order valence-electron chi connectivity index (χ2n) is 7.94. The first kappa shape index (κ1) is 21.4. The number of hydrogen-bond donors (Lipinski definition) is 1. The van der Waals surface area contributed by atoms with Crippen molar-refractivity contribution in [1.29, 1.82) is 0 Å². The van der Waals surface area contributed by atoms with Gasteiger partial charge in [0.15, 0.2) is 0 Å². The molecule has 1 amide bonds. The van der Waals surface area contributed by atoms with E-state index in [4.69, 9.17) is 4.74 Å². The Morgan fingerprint density at radius 2 is 1.69 bits per heavy atom. The largest absolute Gasteiger partial charge is 0.379 e. The number of carbonyl (C=O) groups excluding carboxylic acids is 1. The predicted octanol–water partition coefficient (Wildman–Crippen LogP) is 3.40. The molecule has 6 nitrogen and oxygen atoms in total. The summed E-state index contributed by atoms with van der Waals surface area (Å²) in [5.74, 6) is -1.49. The maximum absolute atomic E-state index is 14.3. The number of anilines is 1. The van der Waals surface area contributed by atoms with Gasteiger partial charge in [0, 0.05) is 18.8 Å². The molecule has 8 heteroatoms. The number of nitrogens with zero attached hydrogens (tertiary/aromatic N) is 1. The van der Waals surface area contributed by atoms with Crippen LogP contribution in [0.3, 0.4) is 0 Å². The second kappa shape index (κ2) is 8.22. The quantitative estimate of drug-likeness (QED) is 0.823. The van der Waals surface area contributed by atoms with Gasteiger partial charge in [-0.3, -0.25) is 4.79 Å². The molecule has 2 aromatic rings. The molecule has 1 heterocycles. The summed E-state index contributed by atoms with van der Waals surface area (Å²) in [6, 6.07) is 10.5. The third-order valence-corrected chi connectivity index (χ3v) is 6.69. The van der Waals surface area contributed by atoms with Crippen LogP contribution in [-0.4, -0.2) is 44.9 Å². The molecule has 0 saturated carbocycles. The minimum absolute atomic E-state index is 0.0309. The summed E-state index contributed by atoms with van der Waals surface area (Å²) in [5.41, 5.74) is 1.25. The smallest absolute Gasteiger partial charge is 0.258 e. The number of carbonyl (C=O) groups is 1. The number of ether oxygens (including phenoxy) is 1. The van der Waals surface area contributed by atoms with Crippen LogP contribution in [0.25, 0.3) is 0 Å². The van der Waals surface area contributed by atoms with Crippen molar-refractivity contribution in [3.05, 3.63) is 59.4 Å². The van der Waals surface area contributed by atoms with Crippen LogP contribution in [-0.2, 0) is 20.2 Å². The Labute approximate surface area is 170 Å². The molecule has 0 unspecified atom stereocenters. The highest BCUT2D eigenvalue weighted by Crippen LogP contribution is 2.24. The molecule has 0 spiro atoms. The molecule has 1 N–H and O–H groups in total. The Morgan fingerprint density at radius 1 is 1.07 bits per heavy atom. The monoisotopic (exact) mass is 420 g/mol. The number of rotatable bonds is 4. The van der Waals surface area contributed by atoms with Gasteiger partial charge in [-0.15, -0.1) is 0 Å². The number of nitrogens with one attached hydrogen (secondary N) is 1. The van der Waals surface area contributed by atoms with E-state index in [9.17, 15) is 17.6 Å². The molecule has 0 radical (unpaired) electrons. The molecule has 1 aliphatic heterocycles. The van der Waals surface area contributed by atoms with Crippen molar-refractivity contribution >= 4 is 21.6 Å². The summed E-state index contributed by atoms with van der Waals surface area (Å²) < 4.78 is 46.3. The van der Waals surface area contributed by atoms with Crippen LogP contribution in [0.5, 0.6) is 0 Å². The first-order valence-corrected chi connectivity index (χ1v) is 10.8. The van der Waals surface area contributed by atoms with Gasteiger partial charge in [-0.25, -0.2) is 12.8 Å². The lowest BCUT2D eigenvalue weighted by molar-refractivity contribution is 0.0730. The molecule has 1 saturated heterocycles. The van der Waals surface area contributed by atoms with Crippen molar-refractivity contribution in [2.45, 2.75) is 31.1 Å². The minimum atomic E-state index is -3.82. The molecule has 29 heavy (non-hydrogen) atoms. The van der Waals surface area contributed by atoms with Crippen LogP contribution in [0, 0.1) is 5.82 Å². The van der Waals surface area contributed by atoms with E-state index in [-0.39, 0.29) is 29.0 Å². The lowest BCUT2D eigenvalue weighted by Gasteiger charge is -2.26. The number of amides is 1. The van der Waals surface area contributed by atoms with E-state index in [0.29, 0.717) is 18.9 Å². The van der Waals surface area contributed by atoms with Crippen molar-refractivity contribution < 1.29 is 22.3 Å². The fraction of sp³-hybridized carbons (Fsp3) is 0.381. The summed E-state index contributed by atoms with van der Waals surface area (Å²) in [5, 5.41) is 2.63. The van der Waals surface area contributed by atoms with E-state index in [1.807, 2.05) is 12.1 Å². The topological polar surface area (TPSA) is 75.7 Å². The maximum atomic E-state index is 14.3. The summed E-state index contributed by atoms with van der Waals surface area (Å²) in [6.45, 7) is 7.29. The number of benzene rings is 2. The molecular weight excluding hydrogens is 395 g/mol. The molecule has 0 aromatic heterocycles. The zero-order valence-electron chi connectivity index (χ0n) is 16.7. The van der Waals surface area contributed by atoms with E-state index in [0.717, 1.165) is 17.7 Å². The third-order valence-electron chi connectivity index (χ3n) is 4.80. The summed E-state index contributed by atoms with van der Waals surface area (Å²) in [7, 11) is -3.82. The Morgan fingerprint density at radius 3 is 2.28 bits per heavy atom. The summed E-state index contributed by atoms with van der Waals surface area (Å²) >= 11 is 0. The number of sulfonamides is 1. The summed E-state index contributed by atoms with van der Waals surface area (Å²) in [6.07, 6.45) is 0. The van der Waals surface area contributed by atoms with Gasteiger partial charge in [0.1, 0.15) is 5.82 Å². The maximum Gasteiger partial charge on any atom is 0.258 e. The third kappa shape index (κ3) is 4.83. The normalized spacial score (nSPS) is 15.9. The Balaban J connectivity index is 1.83. The van der Waals surface area contributed by atoms with Gasteiger partial charge in [0.05, 0.1) is 23.7 Å². The molecule has 0 bridgehead atoms. The van der Waals surface area contributed by atoms with Crippen LogP contribution in [0.4, 0.5) is 10.1 Å². The van der Waals surface area contributed by atoms with Crippen LogP contribution < -0.4 is 5.32 Å². The van der Waals surface area contributed by atoms with Crippen molar-refractivity contribution in [1.82, 2.24) is 4.31 Å². The number of halogens is 1. The second-order valence-corrected chi connectivity index (χ2v) is 9.88. The number of morpholine rings is 1. The highest BCUT2D eigenvalue weighted by atomic mass is 32.2. The van der Waals surface area contributed by atoms with Crippen molar-refractivity contribution in [3.8, 4) is 0 Å². The zero-order valence-corrected chi connectivity index (χ0v) is 17.6. The molecule has 0 aliphatic carbocycles. The molecule has 3 rings (SSSR count). The molecule has 2 aromatic carbocycles. The van der Waals surface area contributed by atoms with Gasteiger partial charge in [-0.2, -0.15) is 4.31 Å². The Bertz CT molecular complexity index is 992. The van der Waals surface area contributed by atoms with Crippen LogP contribution in [0.2, 0.25) is 0 Å². The van der Waals surface area contributed by atoms with Crippen molar-refractivity contribution in [2.24, 2.45) is 0 Å². The standard InChI is InChI=1S/C21H25FN2O4S/c1-21(2,3)15-4-6-16(7-5-15)23-20(25)18-14-17(8-9-19(18)22)29(26,27)24-10-12-28-13-11-24/h4-9,14H,10-13H2,1-3H3,(H,23,25). The molecule has 1 fully saturated rings. The van der Waals surface area contributed by atoms with E-state index in [1.165, 1.54) is 10.4 Å². The van der Waals surface area contributed by atoms with E-state index < -0.39 is 21.7 Å². The zero-order chi connectivity index (χ0) is 21.2. The van der Waals surface area contributed by atoms with Gasteiger partial charge in [0.2, 0.25) is 10.0 Å². The fourth-order valence-corrected chi connectivity index (χ4v) is 4.46. The Kier molecular flexibility index (Phi) is 6.07. The van der Waals surface area contributed by atoms with Crippen molar-refractivity contribution in [3.63, 3.8) is 0 Å². The first-order chi connectivity index (χ1) is 13.6. The van der Waals surface area contributed by atoms with Crippen LogP contribution in [0.15, 0.2) is 47.4 Å². The van der Waals surface area contributed by atoms with Gasteiger partial charge in [-0.1, -0.05) is 32.9 Å². The minimum Gasteiger partial charge on any atom is -0.379 e. The van der Waals surface area contributed by atoms with E-state index in [2.05, 4.69) is 26.1 Å². The fourth-order valence-electron chi connectivity index (χ4n) is 3.03. The molecule has 156 valence electrons. The lowest BCUT2D eigenvalue weighted by Crippen LogP contribution is -2.40. The highest BCUT2D eigenvalue weighted by molar-refractivity contribution is 7.89. The van der Waals surface area contributed by atoms with Gasteiger partial charge >= 0.3 is 0 Å². The molecule has 0 atom stereocenters. The number of hydrogen-bond acceptors (Lipinski definition) is 4. The SMILES string of the molecule is CC(C)(C)c1ccc(NC(=O)c2cc(S(=O)(=O)N3CCOCC3)ccc2F)cc1. The average Bonchev–Trinajstić information content (AvgIpc) is 2.68. The van der Waals surface area contributed by atoms with Crippen LogP contribution in [0.1, 0.15) is 36.7 Å². The predicted molar refractivity (Wildman–Crippen MR) is 109 cm³/mol. The molecular formula is C21H25FN2O4S. The van der Waals surface area contributed by atoms with Crippen molar-refractivity contribution in [2.75, 3.05) is 31.6 Å². The summed E-state index contributed by atoms with van der Waals surface area (Å²) in [4.78, 5) is 12.5. The van der Waals surface area contributed by atoms with Gasteiger partial charge in [0.25, 0.3) is 5.91 Å². The Hall–Kier alpha value is -2.29. The van der Waals surface area contributed by atoms with Gasteiger partial charge in [-0.05, 0) is 41.3 Å². The lowest BCUT2D eigenvalue weighted by atomic mass is 9.87. The van der Waals surface area contributed by atoms with E-state index >= 15 is 0 Å².